The van der Waals surface area contributed by atoms with Crippen LogP contribution in [0.25, 0.3) is 0 Å². The molecule has 110 valence electrons. The molecule has 4 N–H and O–H groups in total. The maximum atomic E-state index is 10.9. The van der Waals surface area contributed by atoms with E-state index in [0.717, 1.165) is 0 Å². The quantitative estimate of drug-likeness (QED) is 0.444. The summed E-state index contributed by atoms with van der Waals surface area (Å²) >= 11 is 0. The lowest BCUT2D eigenvalue weighted by atomic mass is 10.1. The van der Waals surface area contributed by atoms with E-state index in [1.54, 1.807) is 19.1 Å². The molecule has 0 bridgehead atoms. The van der Waals surface area contributed by atoms with Crippen molar-refractivity contribution in [1.29, 1.82) is 0 Å². The van der Waals surface area contributed by atoms with Crippen molar-refractivity contribution in [3.63, 3.8) is 0 Å². The van der Waals surface area contributed by atoms with E-state index in [9.17, 15) is 20.3 Å². The van der Waals surface area contributed by atoms with Crippen LogP contribution in [0, 0.1) is 17.0 Å². The van der Waals surface area contributed by atoms with Crippen LogP contribution in [0.15, 0.2) is 18.2 Å². The van der Waals surface area contributed by atoms with Gasteiger partial charge in [-0.1, -0.05) is 6.07 Å². The normalized spacial score (nSPS) is 29.4. The molecule has 1 aliphatic heterocycles. The van der Waals surface area contributed by atoms with Crippen LogP contribution in [0.1, 0.15) is 5.56 Å². The summed E-state index contributed by atoms with van der Waals surface area (Å²) in [5, 5.41) is 42.0. The molecular weight excluding hydrogens is 268 g/mol. The van der Waals surface area contributed by atoms with Crippen LogP contribution < -0.4 is 5.32 Å². The van der Waals surface area contributed by atoms with E-state index in [0.29, 0.717) is 11.3 Å². The number of anilines is 1. The number of hydrogen-bond donors (Lipinski definition) is 4. The number of nitrogens with zero attached hydrogens (tertiary/aromatic N) is 1. The smallest absolute Gasteiger partial charge is 0.274 e. The third kappa shape index (κ3) is 2.73. The highest BCUT2D eigenvalue weighted by Crippen LogP contribution is 2.26. The minimum absolute atomic E-state index is 0.0539. The zero-order chi connectivity index (χ0) is 14.9. The van der Waals surface area contributed by atoms with Crippen LogP contribution >= 0.6 is 0 Å². The number of ether oxygens (including phenoxy) is 1. The lowest BCUT2D eigenvalue weighted by Crippen LogP contribution is -2.36. The fraction of sp³-hybridized carbons (Fsp3) is 0.500. The van der Waals surface area contributed by atoms with Gasteiger partial charge in [0, 0.05) is 17.3 Å². The van der Waals surface area contributed by atoms with Crippen molar-refractivity contribution in [2.45, 2.75) is 31.5 Å². The highest BCUT2D eigenvalue weighted by atomic mass is 16.6. The second kappa shape index (κ2) is 5.71. The Hall–Kier alpha value is -1.74. The number of nitro benzene ring substituents is 1. The van der Waals surface area contributed by atoms with Crippen LogP contribution in [0.3, 0.4) is 0 Å². The lowest BCUT2D eigenvalue weighted by molar-refractivity contribution is -0.385. The van der Waals surface area contributed by atoms with Crippen molar-refractivity contribution in [3.8, 4) is 0 Å². The Bertz CT molecular complexity index is 509. The Kier molecular flexibility index (Phi) is 4.19. The number of nitrogens with one attached hydrogen (secondary N) is 1. The average Bonchev–Trinajstić information content (AvgIpc) is 2.68. The Labute approximate surface area is 114 Å². The molecule has 0 amide bonds. The molecule has 1 aromatic carbocycles. The summed E-state index contributed by atoms with van der Waals surface area (Å²) in [7, 11) is 0. The van der Waals surface area contributed by atoms with Gasteiger partial charge in [0.1, 0.15) is 18.3 Å². The molecule has 0 saturated carbocycles. The van der Waals surface area contributed by atoms with Crippen LogP contribution in [0.2, 0.25) is 0 Å². The van der Waals surface area contributed by atoms with E-state index in [1.165, 1.54) is 6.07 Å². The van der Waals surface area contributed by atoms with Gasteiger partial charge < -0.3 is 25.4 Å². The molecule has 0 unspecified atom stereocenters. The minimum atomic E-state index is -1.23. The van der Waals surface area contributed by atoms with E-state index >= 15 is 0 Å². The molecule has 1 heterocycles. The second-order valence-corrected chi connectivity index (χ2v) is 4.66. The van der Waals surface area contributed by atoms with Gasteiger partial charge in [0.15, 0.2) is 6.23 Å². The Morgan fingerprint density at radius 2 is 2.10 bits per heavy atom. The third-order valence-corrected chi connectivity index (χ3v) is 3.26. The number of aliphatic hydroxyl groups is 3. The number of rotatable bonds is 4. The fourth-order valence-corrected chi connectivity index (χ4v) is 2.08. The van der Waals surface area contributed by atoms with Gasteiger partial charge in [-0.3, -0.25) is 10.1 Å². The van der Waals surface area contributed by atoms with Gasteiger partial charge in [-0.05, 0) is 13.0 Å². The van der Waals surface area contributed by atoms with Gasteiger partial charge in [-0.15, -0.1) is 0 Å². The lowest BCUT2D eigenvalue weighted by Gasteiger charge is -2.17. The molecule has 0 aliphatic carbocycles. The van der Waals surface area contributed by atoms with Gasteiger partial charge in [-0.25, -0.2) is 0 Å². The van der Waals surface area contributed by atoms with Crippen LogP contribution in [0.4, 0.5) is 11.4 Å². The third-order valence-electron chi connectivity index (χ3n) is 3.26. The number of benzene rings is 1. The summed E-state index contributed by atoms with van der Waals surface area (Å²) < 4.78 is 5.24. The summed E-state index contributed by atoms with van der Waals surface area (Å²) in [5.74, 6) is 0. The standard InChI is InChI=1S/C12H16N2O6/c1-6-2-3-7(4-8(6)14(18)19)13-12-11(17)10(16)9(5-15)20-12/h2-4,9-13,15-17H,5H2,1H3/t9-,10+,11+,12+/m0/s1. The Morgan fingerprint density at radius 1 is 1.40 bits per heavy atom. The number of aryl methyl sites for hydroxylation is 1. The first kappa shape index (κ1) is 14.7. The van der Waals surface area contributed by atoms with E-state index in [-0.39, 0.29) is 5.69 Å². The summed E-state index contributed by atoms with van der Waals surface area (Å²) in [6.07, 6.45) is -4.27. The highest BCUT2D eigenvalue weighted by molar-refractivity contribution is 5.55. The first-order valence-corrected chi connectivity index (χ1v) is 6.08. The highest BCUT2D eigenvalue weighted by Gasteiger charge is 2.42. The van der Waals surface area contributed by atoms with Gasteiger partial charge in [0.25, 0.3) is 5.69 Å². The van der Waals surface area contributed by atoms with Gasteiger partial charge in [0.05, 0.1) is 11.5 Å². The largest absolute Gasteiger partial charge is 0.394 e. The van der Waals surface area contributed by atoms with Crippen molar-refractivity contribution in [3.05, 3.63) is 33.9 Å². The van der Waals surface area contributed by atoms with Gasteiger partial charge in [-0.2, -0.15) is 0 Å². The van der Waals surface area contributed by atoms with Gasteiger partial charge >= 0.3 is 0 Å². The predicted molar refractivity (Wildman–Crippen MR) is 69.2 cm³/mol. The monoisotopic (exact) mass is 284 g/mol. The maximum absolute atomic E-state index is 10.9. The number of hydrogen-bond acceptors (Lipinski definition) is 7. The molecule has 20 heavy (non-hydrogen) atoms. The molecular formula is C12H16N2O6. The van der Waals surface area contributed by atoms with E-state index < -0.39 is 36.1 Å². The van der Waals surface area contributed by atoms with E-state index in [2.05, 4.69) is 5.32 Å². The predicted octanol–water partition coefficient (Wildman–Crippen LogP) is -0.246. The minimum Gasteiger partial charge on any atom is -0.394 e. The summed E-state index contributed by atoms with van der Waals surface area (Å²) in [4.78, 5) is 10.3. The Balaban J connectivity index is 2.15. The van der Waals surface area contributed by atoms with E-state index in [4.69, 9.17) is 9.84 Å². The molecule has 4 atom stereocenters. The maximum Gasteiger partial charge on any atom is 0.274 e. The molecule has 1 fully saturated rings. The molecule has 1 saturated heterocycles. The SMILES string of the molecule is Cc1ccc(N[C@@H]2O[C@@H](CO)[C@@H](O)[C@H]2O)cc1[N+](=O)[O-]. The first-order chi connectivity index (χ1) is 9.43. The average molecular weight is 284 g/mol. The van der Waals surface area contributed by atoms with Gasteiger partial charge in [0.2, 0.25) is 0 Å². The zero-order valence-electron chi connectivity index (χ0n) is 10.8. The zero-order valence-corrected chi connectivity index (χ0v) is 10.8. The molecule has 0 spiro atoms. The summed E-state index contributed by atoms with van der Waals surface area (Å²) in [6.45, 7) is 1.19. The number of nitro groups is 1. The topological polar surface area (TPSA) is 125 Å². The van der Waals surface area contributed by atoms with Crippen molar-refractivity contribution >= 4 is 11.4 Å². The first-order valence-electron chi connectivity index (χ1n) is 6.08. The van der Waals surface area contributed by atoms with E-state index in [1.807, 2.05) is 0 Å². The molecule has 1 aromatic rings. The summed E-state index contributed by atoms with van der Waals surface area (Å²) in [5.41, 5.74) is 0.848. The van der Waals surface area contributed by atoms with Crippen molar-refractivity contribution in [2.24, 2.45) is 0 Å². The molecule has 8 nitrogen and oxygen atoms in total. The Morgan fingerprint density at radius 3 is 2.65 bits per heavy atom. The molecule has 0 aromatic heterocycles. The summed E-state index contributed by atoms with van der Waals surface area (Å²) in [6, 6.07) is 4.50. The van der Waals surface area contributed by atoms with Crippen molar-refractivity contribution in [2.75, 3.05) is 11.9 Å². The molecule has 1 aliphatic rings. The molecule has 2 rings (SSSR count). The second-order valence-electron chi connectivity index (χ2n) is 4.66. The number of aliphatic hydroxyl groups excluding tert-OH is 3. The van der Waals surface area contributed by atoms with Crippen LogP contribution in [-0.2, 0) is 4.74 Å². The molecule has 8 heteroatoms. The fourth-order valence-electron chi connectivity index (χ4n) is 2.08. The van der Waals surface area contributed by atoms with Crippen molar-refractivity contribution < 1.29 is 25.0 Å². The van der Waals surface area contributed by atoms with Crippen molar-refractivity contribution in [1.82, 2.24) is 0 Å². The van der Waals surface area contributed by atoms with Crippen LogP contribution in [0.5, 0.6) is 0 Å². The molecule has 0 radical (unpaired) electrons. The van der Waals surface area contributed by atoms with Crippen LogP contribution in [-0.4, -0.2) is 51.4 Å².